The van der Waals surface area contributed by atoms with Crippen LogP contribution in [0.1, 0.15) is 51.6 Å². The molecule has 0 fully saturated rings. The lowest BCUT2D eigenvalue weighted by Gasteiger charge is -2.12. The van der Waals surface area contributed by atoms with E-state index in [9.17, 15) is 14.4 Å². The summed E-state index contributed by atoms with van der Waals surface area (Å²) in [5.74, 6) is -0.927. The minimum absolute atomic E-state index is 0.0514. The van der Waals surface area contributed by atoms with E-state index in [1.54, 1.807) is 24.3 Å². The molecule has 0 bridgehead atoms. The Balaban J connectivity index is 1.89. The van der Waals surface area contributed by atoms with Gasteiger partial charge in [-0.3, -0.25) is 14.4 Å². The molecule has 5 heteroatoms. The summed E-state index contributed by atoms with van der Waals surface area (Å²) in [5, 5.41) is 0. The number of hydrogen-bond acceptors (Lipinski definition) is 4. The first-order valence-electron chi connectivity index (χ1n) is 8.37. The number of Topliss-reactive ketones (excluding diaryl/α,β-unsaturated/α-hetero) is 2. The number of benzene rings is 2. The van der Waals surface area contributed by atoms with Crippen LogP contribution in [-0.4, -0.2) is 23.6 Å². The van der Waals surface area contributed by atoms with Gasteiger partial charge in [0, 0.05) is 22.0 Å². The molecule has 26 heavy (non-hydrogen) atoms. The summed E-state index contributed by atoms with van der Waals surface area (Å²) < 4.78 is 6.05. The van der Waals surface area contributed by atoms with Gasteiger partial charge in [-0.2, -0.15) is 0 Å². The second-order valence-corrected chi connectivity index (χ2v) is 7.16. The predicted octanol–water partition coefficient (Wildman–Crippen LogP) is 4.84. The van der Waals surface area contributed by atoms with E-state index in [2.05, 4.69) is 15.9 Å². The molecule has 0 unspecified atom stereocenters. The van der Waals surface area contributed by atoms with Gasteiger partial charge in [-0.1, -0.05) is 45.8 Å². The molecule has 0 aliphatic carbocycles. The molecule has 0 saturated heterocycles. The van der Waals surface area contributed by atoms with Crippen molar-refractivity contribution in [3.63, 3.8) is 0 Å². The average molecular weight is 417 g/mol. The van der Waals surface area contributed by atoms with Crippen molar-refractivity contribution in [2.24, 2.45) is 0 Å². The fourth-order valence-electron chi connectivity index (χ4n) is 2.54. The van der Waals surface area contributed by atoms with E-state index in [0.717, 1.165) is 15.6 Å². The Morgan fingerprint density at radius 1 is 1.00 bits per heavy atom. The van der Waals surface area contributed by atoms with Crippen LogP contribution in [-0.2, 0) is 9.53 Å². The van der Waals surface area contributed by atoms with Gasteiger partial charge in [0.1, 0.15) is 0 Å². The van der Waals surface area contributed by atoms with Gasteiger partial charge >= 0.3 is 5.97 Å². The molecule has 0 radical (unpaired) electrons. The zero-order valence-corrected chi connectivity index (χ0v) is 16.6. The Hall–Kier alpha value is -2.27. The first-order valence-corrected chi connectivity index (χ1v) is 9.17. The molecule has 4 nitrogen and oxygen atoms in total. The molecule has 0 heterocycles. The molecule has 2 aromatic carbocycles. The number of hydrogen-bond donors (Lipinski definition) is 0. The second kappa shape index (κ2) is 8.90. The Kier molecular flexibility index (Phi) is 6.86. The standard InChI is InChI=1S/C21H21BrO4/c1-13-4-5-14(2)18(12-13)19(23)10-11-20(24)26-15(3)21(25)16-6-8-17(22)9-7-16/h4-9,12,15H,10-11H2,1-3H3/t15-/m1/s1. The molecule has 0 N–H and O–H groups in total. The summed E-state index contributed by atoms with van der Waals surface area (Å²) in [5.41, 5.74) is 2.97. The molecule has 0 aliphatic heterocycles. The lowest BCUT2D eigenvalue weighted by atomic mass is 9.99. The van der Waals surface area contributed by atoms with Crippen molar-refractivity contribution in [3.8, 4) is 0 Å². The number of carbonyl (C=O) groups is 3. The zero-order chi connectivity index (χ0) is 19.3. The molecule has 2 rings (SSSR count). The van der Waals surface area contributed by atoms with Crippen LogP contribution in [0, 0.1) is 13.8 Å². The van der Waals surface area contributed by atoms with E-state index in [1.807, 2.05) is 32.0 Å². The molecule has 2 aromatic rings. The molecule has 0 spiro atoms. The minimum atomic E-state index is -0.889. The molecule has 136 valence electrons. The van der Waals surface area contributed by atoms with Crippen molar-refractivity contribution in [3.05, 3.63) is 69.2 Å². The van der Waals surface area contributed by atoms with Crippen molar-refractivity contribution in [1.29, 1.82) is 0 Å². The van der Waals surface area contributed by atoms with E-state index in [0.29, 0.717) is 11.1 Å². The van der Waals surface area contributed by atoms with Gasteiger partial charge < -0.3 is 4.74 Å². The molecule has 0 aliphatic rings. The SMILES string of the molecule is Cc1ccc(C)c(C(=O)CCC(=O)O[C@H](C)C(=O)c2ccc(Br)cc2)c1. The number of esters is 1. The Morgan fingerprint density at radius 2 is 1.65 bits per heavy atom. The zero-order valence-electron chi connectivity index (χ0n) is 15.0. The first kappa shape index (κ1) is 20.0. The lowest BCUT2D eigenvalue weighted by Crippen LogP contribution is -2.24. The van der Waals surface area contributed by atoms with Gasteiger partial charge in [0.25, 0.3) is 0 Å². The third-order valence-corrected chi connectivity index (χ3v) is 4.58. The van der Waals surface area contributed by atoms with Crippen molar-refractivity contribution in [1.82, 2.24) is 0 Å². The highest BCUT2D eigenvalue weighted by Gasteiger charge is 2.20. The van der Waals surface area contributed by atoms with Crippen LogP contribution in [0.4, 0.5) is 0 Å². The van der Waals surface area contributed by atoms with E-state index in [4.69, 9.17) is 4.74 Å². The average Bonchev–Trinajstić information content (AvgIpc) is 2.61. The van der Waals surface area contributed by atoms with Crippen LogP contribution in [0.15, 0.2) is 46.9 Å². The smallest absolute Gasteiger partial charge is 0.306 e. The number of aryl methyl sites for hydroxylation is 2. The summed E-state index contributed by atoms with van der Waals surface area (Å²) in [6.07, 6.45) is -0.883. The quantitative estimate of drug-likeness (QED) is 0.478. The fourth-order valence-corrected chi connectivity index (χ4v) is 2.81. The van der Waals surface area contributed by atoms with Crippen molar-refractivity contribution >= 4 is 33.5 Å². The summed E-state index contributed by atoms with van der Waals surface area (Å²) in [6.45, 7) is 5.32. The van der Waals surface area contributed by atoms with Crippen LogP contribution >= 0.6 is 15.9 Å². The number of rotatable bonds is 7. The molecule has 1 atom stereocenters. The van der Waals surface area contributed by atoms with Gasteiger partial charge in [0.05, 0.1) is 6.42 Å². The molecule has 0 amide bonds. The summed E-state index contributed by atoms with van der Waals surface area (Å²) in [7, 11) is 0. The monoisotopic (exact) mass is 416 g/mol. The molecule has 0 aromatic heterocycles. The molecular formula is C21H21BrO4. The van der Waals surface area contributed by atoms with Crippen molar-refractivity contribution in [2.75, 3.05) is 0 Å². The Labute approximate surface area is 161 Å². The van der Waals surface area contributed by atoms with E-state index in [1.165, 1.54) is 6.92 Å². The number of carbonyl (C=O) groups excluding carboxylic acids is 3. The Bertz CT molecular complexity index is 824. The van der Waals surface area contributed by atoms with Crippen LogP contribution in [0.25, 0.3) is 0 Å². The van der Waals surface area contributed by atoms with Crippen LogP contribution in [0.3, 0.4) is 0 Å². The van der Waals surface area contributed by atoms with Gasteiger partial charge in [-0.25, -0.2) is 0 Å². The van der Waals surface area contributed by atoms with Crippen LogP contribution < -0.4 is 0 Å². The third-order valence-electron chi connectivity index (χ3n) is 4.06. The summed E-state index contributed by atoms with van der Waals surface area (Å²) in [4.78, 5) is 36.6. The van der Waals surface area contributed by atoms with Crippen LogP contribution in [0.5, 0.6) is 0 Å². The van der Waals surface area contributed by atoms with E-state index >= 15 is 0 Å². The second-order valence-electron chi connectivity index (χ2n) is 6.24. The first-order chi connectivity index (χ1) is 12.3. The number of halogens is 1. The topological polar surface area (TPSA) is 60.4 Å². The highest BCUT2D eigenvalue weighted by molar-refractivity contribution is 9.10. The van der Waals surface area contributed by atoms with Gasteiger partial charge in [0.15, 0.2) is 11.9 Å². The van der Waals surface area contributed by atoms with Gasteiger partial charge in [-0.05, 0) is 44.5 Å². The highest BCUT2D eigenvalue weighted by Crippen LogP contribution is 2.16. The largest absolute Gasteiger partial charge is 0.454 e. The maximum Gasteiger partial charge on any atom is 0.306 e. The maximum atomic E-state index is 12.3. The minimum Gasteiger partial charge on any atom is -0.454 e. The van der Waals surface area contributed by atoms with E-state index < -0.39 is 12.1 Å². The van der Waals surface area contributed by atoms with Crippen molar-refractivity contribution < 1.29 is 19.1 Å². The van der Waals surface area contributed by atoms with Crippen LogP contribution in [0.2, 0.25) is 0 Å². The summed E-state index contributed by atoms with van der Waals surface area (Å²) >= 11 is 3.31. The van der Waals surface area contributed by atoms with E-state index in [-0.39, 0.29) is 24.4 Å². The highest BCUT2D eigenvalue weighted by atomic mass is 79.9. The molecular weight excluding hydrogens is 396 g/mol. The predicted molar refractivity (Wildman–Crippen MR) is 104 cm³/mol. The normalized spacial score (nSPS) is 11.7. The lowest BCUT2D eigenvalue weighted by molar-refractivity contribution is -0.146. The number of ketones is 2. The number of ether oxygens (including phenoxy) is 1. The maximum absolute atomic E-state index is 12.3. The fraction of sp³-hybridized carbons (Fsp3) is 0.286. The molecule has 0 saturated carbocycles. The Morgan fingerprint density at radius 3 is 2.31 bits per heavy atom. The summed E-state index contributed by atoms with van der Waals surface area (Å²) in [6, 6.07) is 12.5. The van der Waals surface area contributed by atoms with Gasteiger partial charge in [-0.15, -0.1) is 0 Å². The third kappa shape index (κ3) is 5.36. The van der Waals surface area contributed by atoms with Crippen molar-refractivity contribution in [2.45, 2.75) is 39.7 Å². The van der Waals surface area contributed by atoms with Gasteiger partial charge in [0.2, 0.25) is 5.78 Å².